The number of aryl methyl sites for hydroxylation is 1. The molecule has 0 saturated heterocycles. The normalized spacial score (nSPS) is 12.7. The zero-order valence-corrected chi connectivity index (χ0v) is 9.45. The number of thiophene rings is 1. The van der Waals surface area contributed by atoms with Gasteiger partial charge in [0.25, 0.3) is 0 Å². The predicted octanol–water partition coefficient (Wildman–Crippen LogP) is 2.08. The van der Waals surface area contributed by atoms with E-state index in [-0.39, 0.29) is 0 Å². The third-order valence-electron chi connectivity index (χ3n) is 2.26. The molecule has 0 aliphatic carbocycles. The molecule has 0 aliphatic heterocycles. The van der Waals surface area contributed by atoms with Gasteiger partial charge >= 0.3 is 0 Å². The molecule has 1 N–H and O–H groups in total. The first-order valence-corrected chi connectivity index (χ1v) is 5.81. The van der Waals surface area contributed by atoms with Gasteiger partial charge in [0.2, 0.25) is 0 Å². The third-order valence-corrected chi connectivity index (χ3v) is 3.24. The molecule has 0 amide bonds. The monoisotopic (exact) mass is 220 g/mol. The van der Waals surface area contributed by atoms with E-state index in [1.54, 1.807) is 11.3 Å². The maximum atomic E-state index is 9.94. The van der Waals surface area contributed by atoms with Crippen molar-refractivity contribution in [2.75, 3.05) is 0 Å². The van der Waals surface area contributed by atoms with E-state index in [1.807, 2.05) is 53.5 Å². The Kier molecular flexibility index (Phi) is 3.14. The van der Waals surface area contributed by atoms with Crippen molar-refractivity contribution in [1.29, 1.82) is 0 Å². The molecule has 0 radical (unpaired) electrons. The fraction of sp³-hybridized carbons (Fsp3) is 0.250. The van der Waals surface area contributed by atoms with Gasteiger partial charge in [-0.2, -0.15) is 0 Å². The number of hydrogen-bond donors (Lipinski definition) is 1. The number of nitrogens with zero attached hydrogens (tertiary/aromatic N) is 1. The SMILES string of the molecule is Cc1ccc[n+](CC(O)c2cccs2)c1. The van der Waals surface area contributed by atoms with E-state index in [1.165, 1.54) is 5.56 Å². The van der Waals surface area contributed by atoms with Crippen molar-refractivity contribution >= 4 is 11.3 Å². The minimum absolute atomic E-state index is 0.406. The second kappa shape index (κ2) is 4.55. The van der Waals surface area contributed by atoms with Gasteiger partial charge in [-0.25, -0.2) is 4.57 Å². The van der Waals surface area contributed by atoms with Crippen molar-refractivity contribution in [3.8, 4) is 0 Å². The van der Waals surface area contributed by atoms with Crippen molar-refractivity contribution in [1.82, 2.24) is 0 Å². The van der Waals surface area contributed by atoms with Gasteiger partial charge in [-0.1, -0.05) is 6.07 Å². The fourth-order valence-electron chi connectivity index (χ4n) is 1.54. The zero-order valence-electron chi connectivity index (χ0n) is 8.63. The molecule has 2 aromatic rings. The van der Waals surface area contributed by atoms with E-state index >= 15 is 0 Å². The molecule has 2 aromatic heterocycles. The maximum Gasteiger partial charge on any atom is 0.179 e. The molecule has 2 rings (SSSR count). The van der Waals surface area contributed by atoms with Crippen LogP contribution in [0.15, 0.2) is 42.0 Å². The number of hydrogen-bond acceptors (Lipinski definition) is 2. The molecule has 0 aromatic carbocycles. The van der Waals surface area contributed by atoms with Crippen LogP contribution in [0.5, 0.6) is 0 Å². The van der Waals surface area contributed by atoms with Gasteiger partial charge in [0.05, 0.1) is 0 Å². The minimum atomic E-state index is -0.406. The van der Waals surface area contributed by atoms with Crippen molar-refractivity contribution in [2.24, 2.45) is 0 Å². The highest BCUT2D eigenvalue weighted by molar-refractivity contribution is 7.10. The highest BCUT2D eigenvalue weighted by Gasteiger charge is 2.13. The smallest absolute Gasteiger partial charge is 0.179 e. The van der Waals surface area contributed by atoms with Gasteiger partial charge in [0, 0.05) is 16.5 Å². The van der Waals surface area contributed by atoms with Gasteiger partial charge in [0.15, 0.2) is 18.9 Å². The third kappa shape index (κ3) is 2.64. The maximum absolute atomic E-state index is 9.94. The zero-order chi connectivity index (χ0) is 10.7. The first kappa shape index (κ1) is 10.3. The van der Waals surface area contributed by atoms with Gasteiger partial charge in [-0.3, -0.25) is 0 Å². The molecule has 3 heteroatoms. The van der Waals surface area contributed by atoms with E-state index in [2.05, 4.69) is 0 Å². The summed E-state index contributed by atoms with van der Waals surface area (Å²) in [6.45, 7) is 2.66. The van der Waals surface area contributed by atoms with Gasteiger partial charge in [-0.05, 0) is 24.4 Å². The van der Waals surface area contributed by atoms with Crippen LogP contribution in [0.4, 0.5) is 0 Å². The van der Waals surface area contributed by atoms with Crippen LogP contribution >= 0.6 is 11.3 Å². The summed E-state index contributed by atoms with van der Waals surface area (Å²) in [7, 11) is 0. The van der Waals surface area contributed by atoms with Crippen LogP contribution in [0, 0.1) is 6.92 Å². The molecule has 1 atom stereocenters. The molecule has 1 unspecified atom stereocenters. The molecular formula is C12H14NOS+. The fourth-order valence-corrected chi connectivity index (χ4v) is 2.24. The summed E-state index contributed by atoms with van der Waals surface area (Å²) in [5, 5.41) is 11.9. The lowest BCUT2D eigenvalue weighted by Crippen LogP contribution is -2.36. The molecular weight excluding hydrogens is 206 g/mol. The highest BCUT2D eigenvalue weighted by atomic mass is 32.1. The Balaban J connectivity index is 2.09. The number of pyridine rings is 1. The largest absolute Gasteiger partial charge is 0.381 e. The van der Waals surface area contributed by atoms with Gasteiger partial charge in [-0.15, -0.1) is 11.3 Å². The number of aliphatic hydroxyl groups is 1. The Bertz CT molecular complexity index is 425. The van der Waals surface area contributed by atoms with E-state index in [0.29, 0.717) is 6.54 Å². The molecule has 0 fully saturated rings. The Morgan fingerprint density at radius 3 is 2.93 bits per heavy atom. The lowest BCUT2D eigenvalue weighted by atomic mass is 10.2. The molecule has 78 valence electrons. The van der Waals surface area contributed by atoms with Crippen molar-refractivity contribution in [3.63, 3.8) is 0 Å². The molecule has 2 nitrogen and oxygen atoms in total. The number of aromatic nitrogens is 1. The van der Waals surface area contributed by atoms with Crippen LogP contribution < -0.4 is 4.57 Å². The molecule has 0 aliphatic rings. The van der Waals surface area contributed by atoms with Crippen molar-refractivity contribution in [2.45, 2.75) is 19.6 Å². The van der Waals surface area contributed by atoms with Crippen LogP contribution in [-0.4, -0.2) is 5.11 Å². The van der Waals surface area contributed by atoms with E-state index in [0.717, 1.165) is 4.88 Å². The van der Waals surface area contributed by atoms with E-state index in [4.69, 9.17) is 0 Å². The van der Waals surface area contributed by atoms with Crippen molar-refractivity contribution in [3.05, 3.63) is 52.5 Å². The average molecular weight is 220 g/mol. The highest BCUT2D eigenvalue weighted by Crippen LogP contribution is 2.18. The Morgan fingerprint density at radius 1 is 1.40 bits per heavy atom. The number of aliphatic hydroxyl groups excluding tert-OH is 1. The summed E-state index contributed by atoms with van der Waals surface area (Å²) in [5.74, 6) is 0. The Morgan fingerprint density at radius 2 is 2.27 bits per heavy atom. The summed E-state index contributed by atoms with van der Waals surface area (Å²) in [5.41, 5.74) is 1.20. The standard InChI is InChI=1S/C12H14NOS/c1-10-4-2-6-13(8-10)9-11(14)12-5-3-7-15-12/h2-8,11,14H,9H2,1H3/q+1. The van der Waals surface area contributed by atoms with Crippen LogP contribution in [0.1, 0.15) is 16.5 Å². The quantitative estimate of drug-likeness (QED) is 0.787. The second-order valence-electron chi connectivity index (χ2n) is 3.61. The average Bonchev–Trinajstić information content (AvgIpc) is 2.70. The first-order valence-electron chi connectivity index (χ1n) is 4.93. The van der Waals surface area contributed by atoms with Crippen LogP contribution in [0.2, 0.25) is 0 Å². The molecule has 0 spiro atoms. The lowest BCUT2D eigenvalue weighted by molar-refractivity contribution is -0.705. The minimum Gasteiger partial charge on any atom is -0.381 e. The molecule has 15 heavy (non-hydrogen) atoms. The number of rotatable bonds is 3. The Hall–Kier alpha value is -1.19. The summed E-state index contributed by atoms with van der Waals surface area (Å²) in [6, 6.07) is 7.97. The predicted molar refractivity (Wildman–Crippen MR) is 60.7 cm³/mol. The van der Waals surface area contributed by atoms with Crippen LogP contribution in [-0.2, 0) is 6.54 Å². The van der Waals surface area contributed by atoms with E-state index in [9.17, 15) is 5.11 Å². The Labute approximate surface area is 93.4 Å². The summed E-state index contributed by atoms with van der Waals surface area (Å²) in [4.78, 5) is 1.02. The van der Waals surface area contributed by atoms with Crippen LogP contribution in [0.3, 0.4) is 0 Å². The van der Waals surface area contributed by atoms with Gasteiger partial charge < -0.3 is 5.11 Å². The van der Waals surface area contributed by atoms with Crippen molar-refractivity contribution < 1.29 is 9.67 Å². The second-order valence-corrected chi connectivity index (χ2v) is 4.59. The summed E-state index contributed by atoms with van der Waals surface area (Å²) in [6.07, 6.45) is 3.61. The molecule has 0 bridgehead atoms. The van der Waals surface area contributed by atoms with E-state index < -0.39 is 6.10 Å². The lowest BCUT2D eigenvalue weighted by Gasteiger charge is -2.04. The van der Waals surface area contributed by atoms with Gasteiger partial charge in [0.1, 0.15) is 6.10 Å². The molecule has 2 heterocycles. The summed E-state index contributed by atoms with van der Waals surface area (Å²) >= 11 is 1.59. The van der Waals surface area contributed by atoms with Crippen LogP contribution in [0.25, 0.3) is 0 Å². The summed E-state index contributed by atoms with van der Waals surface area (Å²) < 4.78 is 2.01. The molecule has 0 saturated carbocycles. The first-order chi connectivity index (χ1) is 7.25. The topological polar surface area (TPSA) is 24.1 Å².